The van der Waals surface area contributed by atoms with Gasteiger partial charge < -0.3 is 5.11 Å². The van der Waals surface area contributed by atoms with Gasteiger partial charge in [-0.2, -0.15) is 0 Å². The number of phenolic OH excluding ortho intramolecular Hbond substituents is 1. The molecule has 17 heavy (non-hydrogen) atoms. The number of halogens is 1. The fourth-order valence-electron chi connectivity index (χ4n) is 1.86. The third-order valence-corrected chi connectivity index (χ3v) is 3.72. The van der Waals surface area contributed by atoms with E-state index in [0.717, 1.165) is 21.1 Å². The zero-order valence-electron chi connectivity index (χ0n) is 9.11. The van der Waals surface area contributed by atoms with Gasteiger partial charge in [0.2, 0.25) is 0 Å². The summed E-state index contributed by atoms with van der Waals surface area (Å²) in [6.45, 7) is 1.92. The van der Waals surface area contributed by atoms with Gasteiger partial charge >= 0.3 is 0 Å². The number of aryl methyl sites for hydroxylation is 1. The maximum absolute atomic E-state index is 9.91. The van der Waals surface area contributed by atoms with Gasteiger partial charge in [-0.1, -0.05) is 12.1 Å². The summed E-state index contributed by atoms with van der Waals surface area (Å²) in [6.07, 6.45) is 0. The highest BCUT2D eigenvalue weighted by Crippen LogP contribution is 2.32. The lowest BCUT2D eigenvalue weighted by Gasteiger charge is -2.06. The van der Waals surface area contributed by atoms with E-state index in [1.807, 2.05) is 31.2 Å². The van der Waals surface area contributed by atoms with Crippen LogP contribution in [0.5, 0.6) is 5.75 Å². The normalized spacial score (nSPS) is 11.2. The van der Waals surface area contributed by atoms with Crippen LogP contribution in [0.2, 0.25) is 0 Å². The maximum Gasteiger partial charge on any atom is 0.143 e. The number of rotatable bonds is 0. The lowest BCUT2D eigenvalue weighted by Crippen LogP contribution is -1.90. The van der Waals surface area contributed by atoms with Crippen LogP contribution in [-0.2, 0) is 0 Å². The van der Waals surface area contributed by atoms with Gasteiger partial charge in [-0.05, 0) is 46.6 Å². The van der Waals surface area contributed by atoms with Crippen LogP contribution in [0.25, 0.3) is 22.1 Å². The Morgan fingerprint density at radius 1 is 1.06 bits per heavy atom. The van der Waals surface area contributed by atoms with Crippen molar-refractivity contribution in [3.05, 3.63) is 40.4 Å². The average Bonchev–Trinajstić information content (AvgIpc) is 2.34. The van der Waals surface area contributed by atoms with Crippen LogP contribution in [0.4, 0.5) is 0 Å². The largest absolute Gasteiger partial charge is 0.506 e. The molecule has 0 aliphatic heterocycles. The van der Waals surface area contributed by atoms with E-state index in [4.69, 9.17) is 0 Å². The van der Waals surface area contributed by atoms with E-state index < -0.39 is 0 Å². The predicted octanol–water partition coefficient (Wildman–Crippen LogP) is 3.56. The first kappa shape index (κ1) is 10.5. The van der Waals surface area contributed by atoms with Crippen LogP contribution < -0.4 is 0 Å². The van der Waals surface area contributed by atoms with Crippen LogP contribution in [0.15, 0.2) is 34.8 Å². The fourth-order valence-corrected chi connectivity index (χ4v) is 2.25. The number of hydrogen-bond donors (Lipinski definition) is 1. The van der Waals surface area contributed by atoms with Gasteiger partial charge in [0.05, 0.1) is 11.0 Å². The SMILES string of the molecule is Cc1cc(O)c2nc3ccccc3nc2c1Br. The summed E-state index contributed by atoms with van der Waals surface area (Å²) in [6, 6.07) is 9.31. The Balaban J connectivity index is 2.56. The van der Waals surface area contributed by atoms with E-state index in [9.17, 15) is 5.11 Å². The molecule has 0 spiro atoms. The number of fused-ring (bicyclic) bond motifs is 2. The molecule has 1 aromatic heterocycles. The van der Waals surface area contributed by atoms with Gasteiger partial charge in [-0.25, -0.2) is 9.97 Å². The van der Waals surface area contributed by atoms with E-state index in [2.05, 4.69) is 25.9 Å². The molecule has 0 aliphatic carbocycles. The van der Waals surface area contributed by atoms with Crippen molar-refractivity contribution in [3.63, 3.8) is 0 Å². The minimum atomic E-state index is 0.166. The van der Waals surface area contributed by atoms with Crippen molar-refractivity contribution in [3.8, 4) is 5.75 Å². The Hall–Kier alpha value is -1.68. The van der Waals surface area contributed by atoms with Crippen molar-refractivity contribution in [2.75, 3.05) is 0 Å². The molecule has 0 bridgehead atoms. The number of para-hydroxylation sites is 2. The standard InChI is InChI=1S/C13H9BrN2O/c1-7-6-10(17)12-13(11(7)14)16-9-5-3-2-4-8(9)15-12/h2-6,17H,1H3. The van der Waals surface area contributed by atoms with Crippen LogP contribution in [0.1, 0.15) is 5.56 Å². The highest BCUT2D eigenvalue weighted by molar-refractivity contribution is 9.10. The highest BCUT2D eigenvalue weighted by Gasteiger charge is 2.11. The first-order valence-electron chi connectivity index (χ1n) is 5.21. The average molecular weight is 289 g/mol. The lowest BCUT2D eigenvalue weighted by atomic mass is 10.2. The summed E-state index contributed by atoms with van der Waals surface area (Å²) in [5.41, 5.74) is 3.78. The summed E-state index contributed by atoms with van der Waals surface area (Å²) in [5, 5.41) is 9.91. The number of phenols is 1. The van der Waals surface area contributed by atoms with Crippen molar-refractivity contribution < 1.29 is 5.11 Å². The molecule has 1 heterocycles. The molecule has 1 N–H and O–H groups in total. The maximum atomic E-state index is 9.91. The molecule has 0 aliphatic rings. The lowest BCUT2D eigenvalue weighted by molar-refractivity contribution is 0.480. The molecule has 3 nitrogen and oxygen atoms in total. The minimum Gasteiger partial charge on any atom is -0.506 e. The highest BCUT2D eigenvalue weighted by atomic mass is 79.9. The van der Waals surface area contributed by atoms with Gasteiger partial charge in [-0.15, -0.1) is 0 Å². The molecule has 0 atom stereocenters. The Morgan fingerprint density at radius 2 is 1.65 bits per heavy atom. The van der Waals surface area contributed by atoms with E-state index in [-0.39, 0.29) is 5.75 Å². The van der Waals surface area contributed by atoms with Gasteiger partial charge in [-0.3, -0.25) is 0 Å². The summed E-state index contributed by atoms with van der Waals surface area (Å²) < 4.78 is 0.878. The topological polar surface area (TPSA) is 46.0 Å². The summed E-state index contributed by atoms with van der Waals surface area (Å²) in [4.78, 5) is 8.97. The van der Waals surface area contributed by atoms with Crippen LogP contribution >= 0.6 is 15.9 Å². The first-order chi connectivity index (χ1) is 8.16. The number of hydrogen-bond acceptors (Lipinski definition) is 3. The van der Waals surface area contributed by atoms with Crippen molar-refractivity contribution >= 4 is 38.0 Å². The third-order valence-electron chi connectivity index (χ3n) is 2.72. The number of benzene rings is 2. The van der Waals surface area contributed by atoms with E-state index in [1.54, 1.807) is 6.07 Å². The molecule has 2 aromatic carbocycles. The van der Waals surface area contributed by atoms with E-state index in [1.165, 1.54) is 0 Å². The molecule has 4 heteroatoms. The van der Waals surface area contributed by atoms with Gasteiger partial charge in [0, 0.05) is 4.47 Å². The Kier molecular flexibility index (Phi) is 2.26. The predicted molar refractivity (Wildman–Crippen MR) is 71.1 cm³/mol. The van der Waals surface area contributed by atoms with Crippen molar-refractivity contribution in [1.82, 2.24) is 9.97 Å². The number of aromatic hydroxyl groups is 1. The first-order valence-corrected chi connectivity index (χ1v) is 6.00. The molecule has 0 fully saturated rings. The van der Waals surface area contributed by atoms with Gasteiger partial charge in [0.1, 0.15) is 16.8 Å². The molecule has 3 aromatic rings. The van der Waals surface area contributed by atoms with Crippen LogP contribution in [-0.4, -0.2) is 15.1 Å². The third kappa shape index (κ3) is 1.56. The zero-order valence-corrected chi connectivity index (χ0v) is 10.7. The summed E-state index contributed by atoms with van der Waals surface area (Å²) in [7, 11) is 0. The second kappa shape index (κ2) is 3.67. The Bertz CT molecular complexity index is 740. The Morgan fingerprint density at radius 3 is 2.29 bits per heavy atom. The molecule has 0 saturated carbocycles. The monoisotopic (exact) mass is 288 g/mol. The van der Waals surface area contributed by atoms with Gasteiger partial charge in [0.15, 0.2) is 0 Å². The second-order valence-corrected chi connectivity index (χ2v) is 4.73. The van der Waals surface area contributed by atoms with E-state index >= 15 is 0 Å². The molecule has 0 saturated heterocycles. The molecular formula is C13H9BrN2O. The molecular weight excluding hydrogens is 280 g/mol. The molecule has 0 radical (unpaired) electrons. The van der Waals surface area contributed by atoms with Crippen molar-refractivity contribution in [2.24, 2.45) is 0 Å². The van der Waals surface area contributed by atoms with Crippen molar-refractivity contribution in [2.45, 2.75) is 6.92 Å². The number of aromatic nitrogens is 2. The molecule has 84 valence electrons. The minimum absolute atomic E-state index is 0.166. The second-order valence-electron chi connectivity index (χ2n) is 3.94. The quantitative estimate of drug-likeness (QED) is 0.644. The van der Waals surface area contributed by atoms with E-state index in [0.29, 0.717) is 11.0 Å². The molecule has 0 amide bonds. The summed E-state index contributed by atoms with van der Waals surface area (Å²) >= 11 is 3.49. The molecule has 0 unspecified atom stereocenters. The Labute approximate surface area is 106 Å². The van der Waals surface area contributed by atoms with Gasteiger partial charge in [0.25, 0.3) is 0 Å². The van der Waals surface area contributed by atoms with Crippen LogP contribution in [0, 0.1) is 6.92 Å². The zero-order chi connectivity index (χ0) is 12.0. The smallest absolute Gasteiger partial charge is 0.143 e. The molecule has 3 rings (SSSR count). The van der Waals surface area contributed by atoms with Crippen molar-refractivity contribution in [1.29, 1.82) is 0 Å². The fraction of sp³-hybridized carbons (Fsp3) is 0.0769. The van der Waals surface area contributed by atoms with Crippen LogP contribution in [0.3, 0.4) is 0 Å². The number of nitrogens with zero attached hydrogens (tertiary/aromatic N) is 2. The summed E-state index contributed by atoms with van der Waals surface area (Å²) in [5.74, 6) is 0.166.